The summed E-state index contributed by atoms with van der Waals surface area (Å²) in [6.07, 6.45) is 6.65. The molecule has 0 aromatic heterocycles. The normalized spacial score (nSPS) is 19.4. The Morgan fingerprint density at radius 1 is 1.23 bits per heavy atom. The largest absolute Gasteiger partial charge is 0.357 e. The van der Waals surface area contributed by atoms with Crippen molar-refractivity contribution in [2.45, 2.75) is 78.3 Å². The van der Waals surface area contributed by atoms with Gasteiger partial charge in [0.05, 0.1) is 6.54 Å². The summed E-state index contributed by atoms with van der Waals surface area (Å²) in [5.74, 6) is 0.903. The van der Waals surface area contributed by atoms with E-state index < -0.39 is 0 Å². The van der Waals surface area contributed by atoms with Gasteiger partial charge >= 0.3 is 0 Å². The summed E-state index contributed by atoms with van der Waals surface area (Å²) in [5.41, 5.74) is 0. The van der Waals surface area contributed by atoms with Crippen LogP contribution in [-0.4, -0.2) is 61.6 Å². The molecule has 1 saturated heterocycles. The van der Waals surface area contributed by atoms with Crippen molar-refractivity contribution in [3.05, 3.63) is 0 Å². The smallest absolute Gasteiger partial charge is 0.221 e. The summed E-state index contributed by atoms with van der Waals surface area (Å²) in [7, 11) is 0. The maximum atomic E-state index is 11.8. The van der Waals surface area contributed by atoms with Crippen molar-refractivity contribution in [1.82, 2.24) is 20.9 Å². The molecule has 1 aliphatic heterocycles. The number of hydrogen-bond acceptors (Lipinski definition) is 3. The Bertz CT molecular complexity index is 405. The van der Waals surface area contributed by atoms with E-state index in [9.17, 15) is 4.79 Å². The van der Waals surface area contributed by atoms with Crippen molar-refractivity contribution in [2.75, 3.05) is 32.7 Å². The van der Waals surface area contributed by atoms with Crippen molar-refractivity contribution >= 4 is 35.8 Å². The predicted molar refractivity (Wildman–Crippen MR) is 121 cm³/mol. The Morgan fingerprint density at radius 3 is 2.65 bits per heavy atom. The van der Waals surface area contributed by atoms with Crippen molar-refractivity contribution in [3.63, 3.8) is 0 Å². The third kappa shape index (κ3) is 10.5. The van der Waals surface area contributed by atoms with E-state index in [0.717, 1.165) is 38.1 Å². The van der Waals surface area contributed by atoms with Crippen molar-refractivity contribution in [3.8, 4) is 0 Å². The molecule has 2 unspecified atom stereocenters. The number of rotatable bonds is 10. The zero-order valence-electron chi connectivity index (χ0n) is 17.1. The molecular weight excluding hydrogens is 441 g/mol. The molecule has 0 aliphatic carbocycles. The number of piperidine rings is 1. The first-order valence-corrected chi connectivity index (χ1v) is 10.2. The van der Waals surface area contributed by atoms with Gasteiger partial charge in [0.2, 0.25) is 5.91 Å². The molecule has 3 N–H and O–H groups in total. The van der Waals surface area contributed by atoms with Gasteiger partial charge in [-0.05, 0) is 46.1 Å². The molecule has 6 nitrogen and oxygen atoms in total. The maximum absolute atomic E-state index is 11.8. The number of nitrogens with one attached hydrogen (secondary N) is 3. The zero-order valence-corrected chi connectivity index (χ0v) is 19.5. The Labute approximate surface area is 177 Å². The Kier molecular flexibility index (Phi) is 15.1. The third-order valence-corrected chi connectivity index (χ3v) is 4.89. The molecule has 0 aromatic rings. The van der Waals surface area contributed by atoms with Crippen LogP contribution < -0.4 is 16.0 Å². The average molecular weight is 481 g/mol. The minimum absolute atomic E-state index is 0. The number of hydrogen-bond donors (Lipinski definition) is 3. The Morgan fingerprint density at radius 2 is 2.00 bits per heavy atom. The van der Waals surface area contributed by atoms with Crippen LogP contribution in [0.1, 0.15) is 66.2 Å². The van der Waals surface area contributed by atoms with Crippen molar-refractivity contribution < 1.29 is 4.79 Å². The lowest BCUT2D eigenvalue weighted by molar-refractivity contribution is -0.121. The van der Waals surface area contributed by atoms with Gasteiger partial charge in [0.15, 0.2) is 5.96 Å². The summed E-state index contributed by atoms with van der Waals surface area (Å²) >= 11 is 0. The molecule has 26 heavy (non-hydrogen) atoms. The highest BCUT2D eigenvalue weighted by molar-refractivity contribution is 14.0. The lowest BCUT2D eigenvalue weighted by Gasteiger charge is -2.34. The molecule has 0 aromatic carbocycles. The van der Waals surface area contributed by atoms with Crippen LogP contribution in [0.3, 0.4) is 0 Å². The fraction of sp³-hybridized carbons (Fsp3) is 0.895. The number of nitrogens with zero attached hydrogens (tertiary/aromatic N) is 2. The standard InChI is InChI=1S/C19H39N5O.HI/c1-5-16(4)23-18(25)11-12-21-19(20-7-3)22-13-15-24-14-9-8-10-17(24)6-2;/h16-17H,5-15H2,1-4H3,(H,23,25)(H2,20,21,22);1H. The molecule has 154 valence electrons. The molecular formula is C19H40IN5O. The number of carbonyl (C=O) groups is 1. The van der Waals surface area contributed by atoms with E-state index in [1.54, 1.807) is 0 Å². The Balaban J connectivity index is 0.00000625. The quantitative estimate of drug-likeness (QED) is 0.255. The molecule has 0 saturated carbocycles. The third-order valence-electron chi connectivity index (χ3n) is 4.89. The minimum atomic E-state index is 0. The zero-order chi connectivity index (χ0) is 18.5. The van der Waals surface area contributed by atoms with E-state index in [1.165, 1.54) is 32.2 Å². The molecule has 7 heteroatoms. The van der Waals surface area contributed by atoms with Crippen LogP contribution in [0, 0.1) is 0 Å². The highest BCUT2D eigenvalue weighted by atomic mass is 127. The first-order valence-electron chi connectivity index (χ1n) is 10.2. The minimum Gasteiger partial charge on any atom is -0.357 e. The van der Waals surface area contributed by atoms with Gasteiger partial charge in [0, 0.05) is 38.1 Å². The lowest BCUT2D eigenvalue weighted by Crippen LogP contribution is -2.42. The summed E-state index contributed by atoms with van der Waals surface area (Å²) < 4.78 is 0. The monoisotopic (exact) mass is 481 g/mol. The second-order valence-electron chi connectivity index (χ2n) is 6.91. The van der Waals surface area contributed by atoms with Crippen LogP contribution >= 0.6 is 24.0 Å². The molecule has 0 spiro atoms. The van der Waals surface area contributed by atoms with Crippen LogP contribution in [0.4, 0.5) is 0 Å². The molecule has 1 amide bonds. The van der Waals surface area contributed by atoms with E-state index in [-0.39, 0.29) is 35.9 Å². The Hall–Kier alpha value is -0.570. The molecule has 1 fully saturated rings. The highest BCUT2D eigenvalue weighted by Gasteiger charge is 2.19. The first-order chi connectivity index (χ1) is 12.1. The topological polar surface area (TPSA) is 68.8 Å². The first kappa shape index (κ1) is 25.4. The number of carbonyl (C=O) groups excluding carboxylic acids is 1. The maximum Gasteiger partial charge on any atom is 0.221 e. The van der Waals surface area contributed by atoms with Gasteiger partial charge in [-0.1, -0.05) is 20.3 Å². The summed E-state index contributed by atoms with van der Waals surface area (Å²) in [6.45, 7) is 12.9. The second kappa shape index (κ2) is 15.5. The van der Waals surface area contributed by atoms with Gasteiger partial charge in [0.25, 0.3) is 0 Å². The van der Waals surface area contributed by atoms with E-state index in [0.29, 0.717) is 13.0 Å². The molecule has 1 aliphatic rings. The van der Waals surface area contributed by atoms with Crippen molar-refractivity contribution in [2.24, 2.45) is 4.99 Å². The molecule has 1 heterocycles. The fourth-order valence-electron chi connectivity index (χ4n) is 3.19. The molecule has 0 bridgehead atoms. The average Bonchev–Trinajstić information content (AvgIpc) is 2.62. The molecule has 2 atom stereocenters. The van der Waals surface area contributed by atoms with Crippen LogP contribution in [0.2, 0.25) is 0 Å². The fourth-order valence-corrected chi connectivity index (χ4v) is 3.19. The number of aliphatic imine (C=N–C) groups is 1. The summed E-state index contributed by atoms with van der Waals surface area (Å²) in [4.78, 5) is 19.1. The SMILES string of the molecule is CCNC(=NCCN1CCCCC1CC)NCCC(=O)NC(C)CC.I. The molecule has 0 radical (unpaired) electrons. The van der Waals surface area contributed by atoms with Gasteiger partial charge in [-0.3, -0.25) is 14.7 Å². The predicted octanol–water partition coefficient (Wildman–Crippen LogP) is 2.73. The number of halogens is 1. The van der Waals surface area contributed by atoms with Gasteiger partial charge < -0.3 is 16.0 Å². The van der Waals surface area contributed by atoms with Gasteiger partial charge in [-0.2, -0.15) is 0 Å². The van der Waals surface area contributed by atoms with Gasteiger partial charge in [-0.15, -0.1) is 24.0 Å². The summed E-state index contributed by atoms with van der Waals surface area (Å²) in [5, 5.41) is 9.51. The van der Waals surface area contributed by atoms with E-state index >= 15 is 0 Å². The van der Waals surface area contributed by atoms with Crippen LogP contribution in [0.15, 0.2) is 4.99 Å². The highest BCUT2D eigenvalue weighted by Crippen LogP contribution is 2.18. The number of guanidine groups is 1. The van der Waals surface area contributed by atoms with Crippen LogP contribution in [0.25, 0.3) is 0 Å². The van der Waals surface area contributed by atoms with Gasteiger partial charge in [-0.25, -0.2) is 0 Å². The van der Waals surface area contributed by atoms with Gasteiger partial charge in [0.1, 0.15) is 0 Å². The molecule has 1 rings (SSSR count). The summed E-state index contributed by atoms with van der Waals surface area (Å²) in [6, 6.07) is 0.967. The van der Waals surface area contributed by atoms with Crippen LogP contribution in [-0.2, 0) is 4.79 Å². The second-order valence-corrected chi connectivity index (χ2v) is 6.91. The van der Waals surface area contributed by atoms with E-state index in [4.69, 9.17) is 0 Å². The van der Waals surface area contributed by atoms with E-state index in [2.05, 4.69) is 46.6 Å². The van der Waals surface area contributed by atoms with Crippen LogP contribution in [0.5, 0.6) is 0 Å². The number of amides is 1. The number of likely N-dealkylation sites (tertiary alicyclic amines) is 1. The van der Waals surface area contributed by atoms with E-state index in [1.807, 2.05) is 6.92 Å². The van der Waals surface area contributed by atoms with Crippen molar-refractivity contribution in [1.29, 1.82) is 0 Å². The lowest BCUT2D eigenvalue weighted by atomic mass is 10.0.